The van der Waals surface area contributed by atoms with Gasteiger partial charge in [-0.15, -0.1) is 0 Å². The molecule has 0 saturated heterocycles. The summed E-state index contributed by atoms with van der Waals surface area (Å²) in [5, 5.41) is 0. The number of aromatic nitrogens is 6. The summed E-state index contributed by atoms with van der Waals surface area (Å²) in [6, 6.07) is 9.62. The third kappa shape index (κ3) is 3.60. The monoisotopic (exact) mass is 384 g/mol. The molecule has 29 heavy (non-hydrogen) atoms. The molecule has 0 bridgehead atoms. The van der Waals surface area contributed by atoms with Gasteiger partial charge in [0.15, 0.2) is 11.5 Å². The molecular weight excluding hydrogens is 364 g/mol. The number of aryl methyl sites for hydroxylation is 1. The molecule has 8 heteroatoms. The van der Waals surface area contributed by atoms with E-state index in [2.05, 4.69) is 26.9 Å². The lowest BCUT2D eigenvalue weighted by molar-refractivity contribution is 0.777. The number of hydrogen-bond acceptors (Lipinski definition) is 7. The molecule has 0 saturated carbocycles. The Labute approximate surface area is 167 Å². The Kier molecular flexibility index (Phi) is 5.07. The van der Waals surface area contributed by atoms with Crippen molar-refractivity contribution in [2.75, 3.05) is 7.05 Å². The minimum atomic E-state index is 0.583. The van der Waals surface area contributed by atoms with E-state index < -0.39 is 0 Å². The van der Waals surface area contributed by atoms with Crippen LogP contribution in [0.5, 0.6) is 0 Å². The topological polar surface area (TPSA) is 108 Å². The molecule has 2 N–H and O–H groups in total. The van der Waals surface area contributed by atoms with Gasteiger partial charge in [-0.3, -0.25) is 4.99 Å². The molecule has 0 fully saturated rings. The molecule has 3 aromatic heterocycles. The summed E-state index contributed by atoms with van der Waals surface area (Å²) in [4.78, 5) is 26.4. The quantitative estimate of drug-likeness (QED) is 0.530. The van der Waals surface area contributed by atoms with Crippen LogP contribution in [0.15, 0.2) is 60.3 Å². The van der Waals surface area contributed by atoms with Gasteiger partial charge >= 0.3 is 0 Å². The zero-order valence-electron chi connectivity index (χ0n) is 16.2. The van der Waals surface area contributed by atoms with Crippen LogP contribution >= 0.6 is 0 Å². The molecule has 0 amide bonds. The number of rotatable bonds is 5. The number of nitrogens with two attached hydrogens (primary N) is 1. The molecule has 0 aliphatic rings. The van der Waals surface area contributed by atoms with Crippen LogP contribution in [-0.4, -0.2) is 42.7 Å². The molecule has 0 radical (unpaired) electrons. The Morgan fingerprint density at radius 1 is 1.21 bits per heavy atom. The predicted octanol–water partition coefficient (Wildman–Crippen LogP) is 2.97. The smallest absolute Gasteiger partial charge is 0.164 e. The summed E-state index contributed by atoms with van der Waals surface area (Å²) in [5.74, 6) is 0.583. The van der Waals surface area contributed by atoms with Crippen molar-refractivity contribution in [1.82, 2.24) is 29.5 Å². The molecule has 3 heterocycles. The van der Waals surface area contributed by atoms with Crippen LogP contribution in [0.25, 0.3) is 39.6 Å². The lowest BCUT2D eigenvalue weighted by Gasteiger charge is -2.08. The van der Waals surface area contributed by atoms with Crippen molar-refractivity contribution in [3.05, 3.63) is 60.8 Å². The lowest BCUT2D eigenvalue weighted by Crippen LogP contribution is -2.01. The predicted molar refractivity (Wildman–Crippen MR) is 114 cm³/mol. The van der Waals surface area contributed by atoms with Gasteiger partial charge in [-0.2, -0.15) is 0 Å². The van der Waals surface area contributed by atoms with Crippen molar-refractivity contribution >= 4 is 23.1 Å². The first-order valence-electron chi connectivity index (χ1n) is 9.19. The van der Waals surface area contributed by atoms with Crippen molar-refractivity contribution < 1.29 is 0 Å². The number of imidazole rings is 1. The highest BCUT2D eigenvalue weighted by Crippen LogP contribution is 2.27. The summed E-state index contributed by atoms with van der Waals surface area (Å²) in [7, 11) is 1.70. The molecular formula is C21H20N8. The molecule has 1 aromatic carbocycles. The van der Waals surface area contributed by atoms with Crippen LogP contribution in [0.1, 0.15) is 12.5 Å². The van der Waals surface area contributed by atoms with Crippen LogP contribution in [0.4, 0.5) is 0 Å². The molecule has 4 rings (SSSR count). The highest BCUT2D eigenvalue weighted by atomic mass is 15.1. The standard InChI is InChI=1S/C21H20N8/c1-3-29-13-26-19-18(17-8-10-24-12-25-17)27-20(28-21(19)29)15-6-4-5-14(11-15)16(22)7-9-23-2/h4-13H,3,22H2,1-2H3. The molecule has 0 unspecified atom stereocenters. The second-order valence-corrected chi connectivity index (χ2v) is 6.30. The van der Waals surface area contributed by atoms with Gasteiger partial charge in [0.05, 0.1) is 12.0 Å². The summed E-state index contributed by atoms with van der Waals surface area (Å²) in [6.07, 6.45) is 8.39. The highest BCUT2D eigenvalue weighted by Gasteiger charge is 2.16. The van der Waals surface area contributed by atoms with Crippen molar-refractivity contribution in [1.29, 1.82) is 0 Å². The molecule has 0 aliphatic carbocycles. The van der Waals surface area contributed by atoms with Gasteiger partial charge in [0, 0.05) is 37.3 Å². The number of hydrogen-bond donors (Lipinski definition) is 1. The third-order valence-electron chi connectivity index (χ3n) is 4.49. The fourth-order valence-corrected chi connectivity index (χ4v) is 3.00. The number of benzene rings is 1. The normalized spacial score (nSPS) is 12.1. The Morgan fingerprint density at radius 3 is 2.86 bits per heavy atom. The fraction of sp³-hybridized carbons (Fsp3) is 0.143. The molecule has 144 valence electrons. The largest absolute Gasteiger partial charge is 0.398 e. The Morgan fingerprint density at radius 2 is 2.10 bits per heavy atom. The number of fused-ring (bicyclic) bond motifs is 1. The maximum Gasteiger partial charge on any atom is 0.164 e. The first-order chi connectivity index (χ1) is 14.2. The van der Waals surface area contributed by atoms with Crippen LogP contribution in [0, 0.1) is 0 Å². The zero-order valence-corrected chi connectivity index (χ0v) is 16.2. The van der Waals surface area contributed by atoms with Gasteiger partial charge in [-0.1, -0.05) is 18.2 Å². The highest BCUT2D eigenvalue weighted by molar-refractivity contribution is 5.88. The molecule has 0 spiro atoms. The molecule has 8 nitrogen and oxygen atoms in total. The van der Waals surface area contributed by atoms with Gasteiger partial charge < -0.3 is 10.3 Å². The van der Waals surface area contributed by atoms with E-state index in [9.17, 15) is 0 Å². The Balaban J connectivity index is 1.91. The maximum atomic E-state index is 6.17. The maximum absolute atomic E-state index is 6.17. The van der Waals surface area contributed by atoms with E-state index >= 15 is 0 Å². The van der Waals surface area contributed by atoms with Crippen molar-refractivity contribution in [3.63, 3.8) is 0 Å². The summed E-state index contributed by atoms with van der Waals surface area (Å²) in [6.45, 7) is 2.80. The van der Waals surface area contributed by atoms with Gasteiger partial charge in [0.1, 0.15) is 17.5 Å². The average molecular weight is 384 g/mol. The van der Waals surface area contributed by atoms with Crippen molar-refractivity contribution in [2.24, 2.45) is 10.7 Å². The van der Waals surface area contributed by atoms with Crippen LogP contribution in [0.2, 0.25) is 0 Å². The Bertz CT molecular complexity index is 1210. The van der Waals surface area contributed by atoms with Gasteiger partial charge in [0.2, 0.25) is 0 Å². The van der Waals surface area contributed by atoms with E-state index in [-0.39, 0.29) is 0 Å². The van der Waals surface area contributed by atoms with Crippen LogP contribution in [0.3, 0.4) is 0 Å². The second kappa shape index (κ2) is 7.97. The molecule has 0 atom stereocenters. The van der Waals surface area contributed by atoms with E-state index in [1.807, 2.05) is 34.9 Å². The molecule has 0 aliphatic heterocycles. The zero-order chi connectivity index (χ0) is 20.2. The van der Waals surface area contributed by atoms with Gasteiger partial charge in [0.25, 0.3) is 0 Å². The Hall–Kier alpha value is -3.94. The van der Waals surface area contributed by atoms with Crippen molar-refractivity contribution in [2.45, 2.75) is 13.5 Å². The third-order valence-corrected chi connectivity index (χ3v) is 4.49. The van der Waals surface area contributed by atoms with E-state index in [0.29, 0.717) is 28.4 Å². The first kappa shape index (κ1) is 18.4. The van der Waals surface area contributed by atoms with E-state index in [4.69, 9.17) is 15.7 Å². The number of nitrogens with zero attached hydrogens (tertiary/aromatic N) is 7. The SMILES string of the molecule is CCn1cnc2c(-c3ccncn3)nc(-c3cccc(C(N)=CC=NC)c3)nc21. The van der Waals surface area contributed by atoms with E-state index in [1.54, 1.807) is 31.9 Å². The van der Waals surface area contributed by atoms with Gasteiger partial charge in [-0.25, -0.2) is 24.9 Å². The summed E-state index contributed by atoms with van der Waals surface area (Å²) < 4.78 is 1.99. The second-order valence-electron chi connectivity index (χ2n) is 6.30. The van der Waals surface area contributed by atoms with Gasteiger partial charge in [-0.05, 0) is 30.7 Å². The van der Waals surface area contributed by atoms with E-state index in [1.165, 1.54) is 6.33 Å². The summed E-state index contributed by atoms with van der Waals surface area (Å²) >= 11 is 0. The molecule has 4 aromatic rings. The minimum absolute atomic E-state index is 0.583. The van der Waals surface area contributed by atoms with Crippen LogP contribution < -0.4 is 5.73 Å². The minimum Gasteiger partial charge on any atom is -0.398 e. The first-order valence-corrected chi connectivity index (χ1v) is 9.19. The van der Waals surface area contributed by atoms with E-state index in [0.717, 1.165) is 23.3 Å². The van der Waals surface area contributed by atoms with Crippen molar-refractivity contribution in [3.8, 4) is 22.8 Å². The fourth-order valence-electron chi connectivity index (χ4n) is 3.00. The lowest BCUT2D eigenvalue weighted by atomic mass is 10.1. The average Bonchev–Trinajstić information content (AvgIpc) is 3.20. The van der Waals surface area contributed by atoms with Crippen LogP contribution in [-0.2, 0) is 6.54 Å². The number of allylic oxidation sites excluding steroid dienone is 1. The number of aliphatic imine (C=N–C) groups is 1. The summed E-state index contributed by atoms with van der Waals surface area (Å²) in [5.41, 5.74) is 11.4.